The molecule has 1 aliphatic rings. The molecule has 2 aromatic rings. The number of hydrogen-bond donors (Lipinski definition) is 0. The molecule has 0 aromatic heterocycles. The zero-order valence-corrected chi connectivity index (χ0v) is 13.8. The lowest BCUT2D eigenvalue weighted by Gasteiger charge is -2.35. The van der Waals surface area contributed by atoms with Gasteiger partial charge in [0.25, 0.3) is 0 Å². The van der Waals surface area contributed by atoms with Crippen molar-refractivity contribution in [3.8, 4) is 0 Å². The number of halogens is 1. The van der Waals surface area contributed by atoms with Crippen molar-refractivity contribution >= 4 is 11.5 Å². The molecule has 0 unspecified atom stereocenters. The Morgan fingerprint density at radius 1 is 0.958 bits per heavy atom. The quantitative estimate of drug-likeness (QED) is 0.632. The van der Waals surface area contributed by atoms with E-state index in [1.807, 2.05) is 31.3 Å². The summed E-state index contributed by atoms with van der Waals surface area (Å²) in [5, 5.41) is 0. The van der Waals surface area contributed by atoms with Crippen LogP contribution in [0, 0.1) is 5.82 Å². The molecule has 0 saturated carbocycles. The second-order valence-corrected chi connectivity index (χ2v) is 6.01. The molecule has 0 atom stereocenters. The highest BCUT2D eigenvalue weighted by Gasteiger charge is 2.16. The number of ketones is 1. The van der Waals surface area contributed by atoms with Gasteiger partial charge in [-0.2, -0.15) is 0 Å². The van der Waals surface area contributed by atoms with Gasteiger partial charge in [0.1, 0.15) is 5.82 Å². The summed E-state index contributed by atoms with van der Waals surface area (Å²) in [5.41, 5.74) is 2.43. The molecule has 1 fully saturated rings. The second kappa shape index (κ2) is 7.30. The number of Topliss-reactive ketones (excluding diaryl/α,β-unsaturated/α-hetero) is 1. The molecule has 2 aromatic carbocycles. The maximum absolute atomic E-state index is 13.0. The fourth-order valence-electron chi connectivity index (χ4n) is 2.91. The fourth-order valence-corrected chi connectivity index (χ4v) is 2.91. The van der Waals surface area contributed by atoms with Gasteiger partial charge in [-0.1, -0.05) is 18.2 Å². The fraction of sp³-hybridized carbons (Fsp3) is 0.250. The van der Waals surface area contributed by atoms with Gasteiger partial charge < -0.3 is 9.80 Å². The molecule has 124 valence electrons. The minimum absolute atomic E-state index is 0.0551. The summed E-state index contributed by atoms with van der Waals surface area (Å²) in [6.07, 6.45) is 1.92. The summed E-state index contributed by atoms with van der Waals surface area (Å²) < 4.78 is 13.0. The van der Waals surface area contributed by atoms with Gasteiger partial charge in [-0.25, -0.2) is 4.39 Å². The van der Waals surface area contributed by atoms with Gasteiger partial charge in [0.05, 0.1) is 0 Å². The van der Waals surface area contributed by atoms with Gasteiger partial charge in [-0.15, -0.1) is 0 Å². The van der Waals surface area contributed by atoms with Crippen molar-refractivity contribution in [1.29, 1.82) is 0 Å². The molecule has 0 radical (unpaired) electrons. The molecule has 0 amide bonds. The molecular formula is C20H21FN2O. The molecular weight excluding hydrogens is 303 g/mol. The predicted octanol–water partition coefficient (Wildman–Crippen LogP) is 3.73. The van der Waals surface area contributed by atoms with Crippen LogP contribution in [-0.2, 0) is 0 Å². The molecule has 1 aliphatic heterocycles. The van der Waals surface area contributed by atoms with E-state index >= 15 is 0 Å². The summed E-state index contributed by atoms with van der Waals surface area (Å²) in [6.45, 7) is 5.43. The summed E-state index contributed by atoms with van der Waals surface area (Å²) in [7, 11) is 0. The van der Waals surface area contributed by atoms with Crippen molar-refractivity contribution in [1.82, 2.24) is 4.90 Å². The maximum atomic E-state index is 13.0. The molecule has 3 rings (SSSR count). The Kier molecular flexibility index (Phi) is 4.94. The van der Waals surface area contributed by atoms with Gasteiger partial charge in [-0.05, 0) is 43.3 Å². The molecule has 4 heteroatoms. The minimum atomic E-state index is -0.329. The van der Waals surface area contributed by atoms with Gasteiger partial charge in [0.2, 0.25) is 0 Å². The zero-order valence-electron chi connectivity index (χ0n) is 13.8. The first-order valence-electron chi connectivity index (χ1n) is 8.16. The van der Waals surface area contributed by atoms with E-state index < -0.39 is 0 Å². The molecule has 0 aliphatic carbocycles. The third-order valence-electron chi connectivity index (χ3n) is 4.28. The van der Waals surface area contributed by atoms with E-state index in [-0.39, 0.29) is 11.6 Å². The number of benzene rings is 2. The standard InChI is InChI=1S/C20H21FN2O/c1-16(20(24)17-7-9-18(21)10-8-17)15-22-11-13-23(14-12-22)19-5-3-2-4-6-19/h2-10,15H,11-14H2,1H3. The highest BCUT2D eigenvalue weighted by Crippen LogP contribution is 2.17. The second-order valence-electron chi connectivity index (χ2n) is 6.01. The van der Waals surface area contributed by atoms with E-state index in [0.717, 1.165) is 26.2 Å². The van der Waals surface area contributed by atoms with Crippen molar-refractivity contribution in [2.45, 2.75) is 6.92 Å². The number of hydrogen-bond acceptors (Lipinski definition) is 3. The molecule has 0 N–H and O–H groups in total. The average Bonchev–Trinajstić information content (AvgIpc) is 2.63. The SMILES string of the molecule is CC(=CN1CCN(c2ccccc2)CC1)C(=O)c1ccc(F)cc1. The first kappa shape index (κ1) is 16.2. The molecule has 1 heterocycles. The first-order chi connectivity index (χ1) is 11.6. The van der Waals surface area contributed by atoms with E-state index in [1.54, 1.807) is 0 Å². The number of carbonyl (C=O) groups excluding carboxylic acids is 1. The van der Waals surface area contributed by atoms with Crippen LogP contribution in [0.4, 0.5) is 10.1 Å². The Morgan fingerprint density at radius 2 is 1.58 bits per heavy atom. The van der Waals surface area contributed by atoms with E-state index in [0.29, 0.717) is 11.1 Å². The van der Waals surface area contributed by atoms with Crippen LogP contribution in [0.1, 0.15) is 17.3 Å². The number of piperazine rings is 1. The number of para-hydroxylation sites is 1. The van der Waals surface area contributed by atoms with E-state index in [1.165, 1.54) is 30.0 Å². The lowest BCUT2D eigenvalue weighted by Crippen LogP contribution is -2.44. The summed E-state index contributed by atoms with van der Waals surface area (Å²) in [5.74, 6) is -0.384. The summed E-state index contributed by atoms with van der Waals surface area (Å²) >= 11 is 0. The van der Waals surface area contributed by atoms with Crippen molar-refractivity contribution in [3.63, 3.8) is 0 Å². The van der Waals surface area contributed by atoms with Crippen molar-refractivity contribution in [3.05, 3.63) is 77.8 Å². The van der Waals surface area contributed by atoms with Crippen LogP contribution < -0.4 is 4.90 Å². The van der Waals surface area contributed by atoms with Crippen molar-refractivity contribution in [2.75, 3.05) is 31.1 Å². The normalized spacial score (nSPS) is 15.5. The topological polar surface area (TPSA) is 23.6 Å². The summed E-state index contributed by atoms with van der Waals surface area (Å²) in [6, 6.07) is 16.1. The van der Waals surface area contributed by atoms with Crippen LogP contribution in [0.5, 0.6) is 0 Å². The van der Waals surface area contributed by atoms with E-state index in [4.69, 9.17) is 0 Å². The Labute approximate surface area is 142 Å². The predicted molar refractivity (Wildman–Crippen MR) is 94.7 cm³/mol. The Balaban J connectivity index is 1.61. The van der Waals surface area contributed by atoms with Gasteiger partial charge in [-0.3, -0.25) is 4.79 Å². The van der Waals surface area contributed by atoms with E-state index in [9.17, 15) is 9.18 Å². The largest absolute Gasteiger partial charge is 0.373 e. The van der Waals surface area contributed by atoms with Crippen LogP contribution >= 0.6 is 0 Å². The number of rotatable bonds is 4. The van der Waals surface area contributed by atoms with Gasteiger partial charge >= 0.3 is 0 Å². The van der Waals surface area contributed by atoms with Crippen molar-refractivity contribution < 1.29 is 9.18 Å². The van der Waals surface area contributed by atoms with Crippen molar-refractivity contribution in [2.24, 2.45) is 0 Å². The summed E-state index contributed by atoms with van der Waals surface area (Å²) in [4.78, 5) is 16.9. The van der Waals surface area contributed by atoms with Crippen LogP contribution in [0.15, 0.2) is 66.4 Å². The van der Waals surface area contributed by atoms with Gasteiger partial charge in [0.15, 0.2) is 5.78 Å². The molecule has 1 saturated heterocycles. The molecule has 24 heavy (non-hydrogen) atoms. The third kappa shape index (κ3) is 3.82. The van der Waals surface area contributed by atoms with Crippen LogP contribution in [-0.4, -0.2) is 36.9 Å². The first-order valence-corrected chi connectivity index (χ1v) is 8.16. The van der Waals surface area contributed by atoms with Gasteiger partial charge in [0, 0.05) is 49.2 Å². The monoisotopic (exact) mass is 324 g/mol. The van der Waals surface area contributed by atoms with E-state index in [2.05, 4.69) is 21.9 Å². The molecule has 0 spiro atoms. The number of carbonyl (C=O) groups is 1. The lowest BCUT2D eigenvalue weighted by molar-refractivity contribution is 0.103. The Morgan fingerprint density at radius 3 is 2.21 bits per heavy atom. The smallest absolute Gasteiger partial charge is 0.190 e. The number of allylic oxidation sites excluding steroid dienone is 1. The van der Waals surface area contributed by atoms with Crippen LogP contribution in [0.2, 0.25) is 0 Å². The number of anilines is 1. The Bertz CT molecular complexity index is 717. The molecule has 0 bridgehead atoms. The van der Waals surface area contributed by atoms with Crippen LogP contribution in [0.3, 0.4) is 0 Å². The third-order valence-corrected chi connectivity index (χ3v) is 4.28. The lowest BCUT2D eigenvalue weighted by atomic mass is 10.1. The average molecular weight is 324 g/mol. The molecule has 3 nitrogen and oxygen atoms in total. The highest BCUT2D eigenvalue weighted by molar-refractivity contribution is 6.08. The maximum Gasteiger partial charge on any atom is 0.190 e. The van der Waals surface area contributed by atoms with Crippen LogP contribution in [0.25, 0.3) is 0 Å². The zero-order chi connectivity index (χ0) is 16.9. The minimum Gasteiger partial charge on any atom is -0.373 e. The highest BCUT2D eigenvalue weighted by atomic mass is 19.1. The number of nitrogens with zero attached hydrogens (tertiary/aromatic N) is 2. The Hall–Kier alpha value is -2.62.